The third kappa shape index (κ3) is 7.26. The molecule has 0 saturated carbocycles. The lowest BCUT2D eigenvalue weighted by atomic mass is 10.1. The van der Waals surface area contributed by atoms with Gasteiger partial charge in [0.25, 0.3) is 0 Å². The molecule has 2 atom stereocenters. The number of methoxy groups -OCH3 is 1. The fourth-order valence-corrected chi connectivity index (χ4v) is 4.00. The van der Waals surface area contributed by atoms with Crippen molar-refractivity contribution in [3.05, 3.63) is 65.2 Å². The van der Waals surface area contributed by atoms with Crippen molar-refractivity contribution in [1.29, 1.82) is 0 Å². The van der Waals surface area contributed by atoms with Crippen LogP contribution in [0.3, 0.4) is 0 Å². The molecule has 0 amide bonds. The third-order valence-corrected chi connectivity index (χ3v) is 5.35. The molecule has 1 fully saturated rings. The topological polar surface area (TPSA) is 58.1 Å². The van der Waals surface area contributed by atoms with Crippen molar-refractivity contribution >= 4 is 5.96 Å². The van der Waals surface area contributed by atoms with Gasteiger partial charge in [-0.05, 0) is 49.6 Å². The molecule has 1 heterocycles. The van der Waals surface area contributed by atoms with Crippen molar-refractivity contribution in [2.24, 2.45) is 4.99 Å². The highest BCUT2D eigenvalue weighted by atomic mass is 16.5. The summed E-state index contributed by atoms with van der Waals surface area (Å²) in [6, 6.07) is 16.7. The maximum Gasteiger partial charge on any atom is 0.191 e. The van der Waals surface area contributed by atoms with E-state index in [1.165, 1.54) is 11.1 Å². The number of aliphatic imine (C=N–C) groups is 1. The second-order valence-corrected chi connectivity index (χ2v) is 8.12. The summed E-state index contributed by atoms with van der Waals surface area (Å²) in [7, 11) is 1.68. The number of hydrogen-bond acceptors (Lipinski definition) is 4. The van der Waals surface area contributed by atoms with Crippen molar-refractivity contribution in [3.8, 4) is 5.75 Å². The Bertz CT molecular complexity index is 845. The Labute approximate surface area is 186 Å². The fourth-order valence-electron chi connectivity index (χ4n) is 4.00. The number of hydrogen-bond donors (Lipinski definition) is 2. The average molecular weight is 425 g/mol. The van der Waals surface area contributed by atoms with E-state index in [1.807, 2.05) is 18.2 Å². The lowest BCUT2D eigenvalue weighted by Gasteiger charge is -2.35. The van der Waals surface area contributed by atoms with Gasteiger partial charge in [0, 0.05) is 32.7 Å². The van der Waals surface area contributed by atoms with Crippen LogP contribution in [0.15, 0.2) is 53.5 Å². The van der Waals surface area contributed by atoms with Crippen LogP contribution in [0, 0.1) is 0 Å². The molecule has 2 unspecified atom stereocenters. The maximum absolute atomic E-state index is 5.88. The Morgan fingerprint density at radius 3 is 2.52 bits per heavy atom. The number of guanidine groups is 1. The van der Waals surface area contributed by atoms with Crippen LogP contribution in [-0.2, 0) is 24.4 Å². The fraction of sp³-hybridized carbons (Fsp3) is 0.480. The minimum atomic E-state index is 0.276. The van der Waals surface area contributed by atoms with Crippen molar-refractivity contribution in [2.75, 3.05) is 26.7 Å². The van der Waals surface area contributed by atoms with Gasteiger partial charge in [-0.1, -0.05) is 36.4 Å². The van der Waals surface area contributed by atoms with E-state index in [9.17, 15) is 0 Å². The van der Waals surface area contributed by atoms with Gasteiger partial charge in [0.15, 0.2) is 5.96 Å². The molecule has 1 saturated heterocycles. The summed E-state index contributed by atoms with van der Waals surface area (Å²) in [5, 5.41) is 6.84. The minimum absolute atomic E-state index is 0.276. The average Bonchev–Trinajstić information content (AvgIpc) is 2.76. The van der Waals surface area contributed by atoms with Crippen LogP contribution in [-0.4, -0.2) is 49.8 Å². The summed E-state index contributed by atoms with van der Waals surface area (Å²) in [5.41, 5.74) is 3.76. The molecule has 2 aromatic carbocycles. The summed E-state index contributed by atoms with van der Waals surface area (Å²) in [4.78, 5) is 7.24. The van der Waals surface area contributed by atoms with Crippen molar-refractivity contribution < 1.29 is 9.47 Å². The lowest BCUT2D eigenvalue weighted by molar-refractivity contribution is -0.0705. The van der Waals surface area contributed by atoms with Crippen molar-refractivity contribution in [1.82, 2.24) is 15.5 Å². The standard InChI is InChI=1S/C25H36N4O2/c1-5-26-25(27-14-21-9-8-12-24(13-21)30-4)28-15-22-10-6-7-11-23(22)18-29-16-19(2)31-20(3)17-29/h6-13,19-20H,5,14-18H2,1-4H3,(H2,26,27,28). The molecule has 6 nitrogen and oxygen atoms in total. The van der Waals surface area contributed by atoms with Crippen molar-refractivity contribution in [2.45, 2.75) is 52.6 Å². The van der Waals surface area contributed by atoms with Gasteiger partial charge < -0.3 is 20.1 Å². The first-order valence-corrected chi connectivity index (χ1v) is 11.2. The normalized spacial score (nSPS) is 19.8. The molecular weight excluding hydrogens is 388 g/mol. The van der Waals surface area contributed by atoms with Crippen LogP contribution in [0.4, 0.5) is 0 Å². The van der Waals surface area contributed by atoms with Gasteiger partial charge >= 0.3 is 0 Å². The van der Waals surface area contributed by atoms with Gasteiger partial charge in [-0.2, -0.15) is 0 Å². The predicted molar refractivity (Wildman–Crippen MR) is 126 cm³/mol. The zero-order valence-electron chi connectivity index (χ0n) is 19.2. The van der Waals surface area contributed by atoms with Gasteiger partial charge in [0.1, 0.15) is 5.75 Å². The molecule has 168 valence electrons. The first-order valence-electron chi connectivity index (χ1n) is 11.2. The van der Waals surface area contributed by atoms with Crippen LogP contribution in [0.5, 0.6) is 5.75 Å². The van der Waals surface area contributed by atoms with E-state index in [-0.39, 0.29) is 12.2 Å². The SMILES string of the molecule is CCNC(=NCc1cccc(OC)c1)NCc1ccccc1CN1CC(C)OC(C)C1. The van der Waals surface area contributed by atoms with Crippen LogP contribution >= 0.6 is 0 Å². The van der Waals surface area contributed by atoms with Crippen molar-refractivity contribution in [3.63, 3.8) is 0 Å². The smallest absolute Gasteiger partial charge is 0.191 e. The molecule has 0 radical (unpaired) electrons. The summed E-state index contributed by atoms with van der Waals surface area (Å²) < 4.78 is 11.2. The Balaban J connectivity index is 1.63. The number of rotatable bonds is 8. The summed E-state index contributed by atoms with van der Waals surface area (Å²) in [6.45, 7) is 11.4. The van der Waals surface area contributed by atoms with Gasteiger partial charge in [-0.15, -0.1) is 0 Å². The van der Waals surface area contributed by atoms with Gasteiger partial charge in [0.2, 0.25) is 0 Å². The molecule has 0 bridgehead atoms. The molecule has 2 N–H and O–H groups in total. The molecule has 1 aliphatic heterocycles. The van der Waals surface area contributed by atoms with Crippen LogP contribution in [0.25, 0.3) is 0 Å². The minimum Gasteiger partial charge on any atom is -0.497 e. The van der Waals surface area contributed by atoms with Gasteiger partial charge in [0.05, 0.1) is 25.9 Å². The monoisotopic (exact) mass is 424 g/mol. The summed E-state index contributed by atoms with van der Waals surface area (Å²) in [5.74, 6) is 1.67. The van der Waals surface area contributed by atoms with E-state index in [0.29, 0.717) is 6.54 Å². The van der Waals surface area contributed by atoms with Gasteiger partial charge in [-0.25, -0.2) is 4.99 Å². The highest BCUT2D eigenvalue weighted by molar-refractivity contribution is 5.79. The lowest BCUT2D eigenvalue weighted by Crippen LogP contribution is -2.45. The molecule has 0 aromatic heterocycles. The van der Waals surface area contributed by atoms with Crippen LogP contribution < -0.4 is 15.4 Å². The number of ether oxygens (including phenoxy) is 2. The van der Waals surface area contributed by atoms with E-state index in [4.69, 9.17) is 14.5 Å². The molecule has 0 aliphatic carbocycles. The Kier molecular flexibility index (Phi) is 8.74. The molecule has 1 aliphatic rings. The quantitative estimate of drug-likeness (QED) is 0.501. The highest BCUT2D eigenvalue weighted by Crippen LogP contribution is 2.17. The summed E-state index contributed by atoms with van der Waals surface area (Å²) in [6.07, 6.45) is 0.552. The number of morpholine rings is 1. The van der Waals surface area contributed by atoms with Crippen LogP contribution in [0.1, 0.15) is 37.5 Å². The van der Waals surface area contributed by atoms with E-state index in [0.717, 1.165) is 50.0 Å². The summed E-state index contributed by atoms with van der Waals surface area (Å²) >= 11 is 0. The second kappa shape index (κ2) is 11.7. The zero-order chi connectivity index (χ0) is 22.1. The second-order valence-electron chi connectivity index (χ2n) is 8.12. The molecule has 2 aromatic rings. The maximum atomic E-state index is 5.88. The first kappa shape index (κ1) is 23.1. The number of nitrogens with one attached hydrogen (secondary N) is 2. The predicted octanol–water partition coefficient (Wildman–Crippen LogP) is 3.56. The largest absolute Gasteiger partial charge is 0.497 e. The number of nitrogens with zero attached hydrogens (tertiary/aromatic N) is 2. The number of benzene rings is 2. The molecule has 31 heavy (non-hydrogen) atoms. The first-order chi connectivity index (χ1) is 15.1. The third-order valence-electron chi connectivity index (χ3n) is 5.35. The van der Waals surface area contributed by atoms with E-state index >= 15 is 0 Å². The molecule has 3 rings (SSSR count). The Morgan fingerprint density at radius 2 is 1.81 bits per heavy atom. The molecule has 6 heteroatoms. The van der Waals surface area contributed by atoms with E-state index in [1.54, 1.807) is 7.11 Å². The van der Waals surface area contributed by atoms with E-state index < -0.39 is 0 Å². The Hall–Kier alpha value is -2.57. The van der Waals surface area contributed by atoms with Gasteiger partial charge in [-0.3, -0.25) is 4.90 Å². The molecular formula is C25H36N4O2. The van der Waals surface area contributed by atoms with E-state index in [2.05, 4.69) is 66.6 Å². The molecule has 0 spiro atoms. The van der Waals surface area contributed by atoms with Crippen LogP contribution in [0.2, 0.25) is 0 Å². The zero-order valence-corrected chi connectivity index (χ0v) is 19.2. The Morgan fingerprint density at radius 1 is 1.06 bits per heavy atom. The highest BCUT2D eigenvalue weighted by Gasteiger charge is 2.22.